The van der Waals surface area contributed by atoms with Gasteiger partial charge < -0.3 is 9.47 Å². The van der Waals surface area contributed by atoms with Gasteiger partial charge in [0.25, 0.3) is 5.91 Å². The van der Waals surface area contributed by atoms with E-state index >= 15 is 0 Å². The smallest absolute Gasteiger partial charge is 0.280 e. The molecular formula is C28H26N2O3. The lowest BCUT2D eigenvalue weighted by Crippen LogP contribution is -2.33. The molecule has 0 aromatic heterocycles. The molecular weight excluding hydrogens is 412 g/mol. The number of hydrazone groups is 1. The third-order valence-electron chi connectivity index (χ3n) is 5.22. The van der Waals surface area contributed by atoms with Crippen LogP contribution >= 0.6 is 0 Å². The molecule has 4 aromatic rings. The van der Waals surface area contributed by atoms with Gasteiger partial charge in [0.1, 0.15) is 18.1 Å². The molecule has 33 heavy (non-hydrogen) atoms. The molecule has 0 bridgehead atoms. The maximum atomic E-state index is 12.4. The minimum atomic E-state index is -0.689. The molecule has 1 atom stereocenters. The Bertz CT molecular complexity index is 1240. The van der Waals surface area contributed by atoms with E-state index in [1.165, 1.54) is 5.56 Å². The topological polar surface area (TPSA) is 59.9 Å². The van der Waals surface area contributed by atoms with Crippen molar-refractivity contribution >= 4 is 22.9 Å². The van der Waals surface area contributed by atoms with E-state index in [0.717, 1.165) is 27.6 Å². The summed E-state index contributed by atoms with van der Waals surface area (Å²) in [5, 5.41) is 6.08. The summed E-state index contributed by atoms with van der Waals surface area (Å²) in [6.45, 7) is 4.28. The second-order valence-electron chi connectivity index (χ2n) is 7.81. The van der Waals surface area contributed by atoms with Crippen LogP contribution in [0.5, 0.6) is 11.5 Å². The number of hydrogen-bond donors (Lipinski definition) is 1. The number of ether oxygens (including phenoxy) is 2. The normalized spacial score (nSPS) is 11.9. The van der Waals surface area contributed by atoms with E-state index in [4.69, 9.17) is 9.47 Å². The summed E-state index contributed by atoms with van der Waals surface area (Å²) < 4.78 is 11.7. The lowest BCUT2D eigenvalue weighted by Gasteiger charge is -2.14. The fourth-order valence-electron chi connectivity index (χ4n) is 3.30. The van der Waals surface area contributed by atoms with Crippen LogP contribution in [0.3, 0.4) is 0 Å². The summed E-state index contributed by atoms with van der Waals surface area (Å²) in [5.41, 5.74) is 5.73. The van der Waals surface area contributed by atoms with Gasteiger partial charge in [0, 0.05) is 5.39 Å². The van der Waals surface area contributed by atoms with Gasteiger partial charge >= 0.3 is 0 Å². The number of amides is 1. The van der Waals surface area contributed by atoms with Crippen molar-refractivity contribution in [3.63, 3.8) is 0 Å². The van der Waals surface area contributed by atoms with Crippen LogP contribution in [0.4, 0.5) is 0 Å². The lowest BCUT2D eigenvalue weighted by molar-refractivity contribution is -0.127. The highest BCUT2D eigenvalue weighted by molar-refractivity contribution is 5.89. The number of aryl methyl sites for hydroxylation is 1. The van der Waals surface area contributed by atoms with Crippen LogP contribution in [0.1, 0.15) is 23.6 Å². The quantitative estimate of drug-likeness (QED) is 0.286. The summed E-state index contributed by atoms with van der Waals surface area (Å²) in [5.74, 6) is 1.12. The fraction of sp³-hybridized carbons (Fsp3) is 0.143. The number of benzene rings is 4. The highest BCUT2D eigenvalue weighted by Crippen LogP contribution is 2.26. The largest absolute Gasteiger partial charge is 0.489 e. The molecule has 0 aliphatic rings. The van der Waals surface area contributed by atoms with Crippen LogP contribution in [0, 0.1) is 6.92 Å². The van der Waals surface area contributed by atoms with E-state index in [1.807, 2.05) is 66.7 Å². The van der Waals surface area contributed by atoms with Gasteiger partial charge in [-0.3, -0.25) is 4.79 Å². The van der Waals surface area contributed by atoms with E-state index in [9.17, 15) is 4.79 Å². The van der Waals surface area contributed by atoms with Gasteiger partial charge in [0.2, 0.25) is 0 Å². The standard InChI is InChI=1S/C28H26N2O3/c1-20-10-12-23(13-11-20)19-32-25-16-14-22(15-17-25)18-29-30-28(31)21(2)33-27-9-5-7-24-6-3-4-8-26(24)27/h3-18,21H,19H2,1-2H3,(H,30,31)/b29-18-/t21-/m1/s1. The Kier molecular flexibility index (Phi) is 7.00. The van der Waals surface area contributed by atoms with Gasteiger partial charge in [-0.15, -0.1) is 0 Å². The average Bonchev–Trinajstić information content (AvgIpc) is 2.84. The minimum absolute atomic E-state index is 0.322. The molecule has 0 saturated heterocycles. The van der Waals surface area contributed by atoms with Crippen molar-refractivity contribution in [1.29, 1.82) is 0 Å². The fourth-order valence-corrected chi connectivity index (χ4v) is 3.30. The van der Waals surface area contributed by atoms with Crippen molar-refractivity contribution in [1.82, 2.24) is 5.43 Å². The number of rotatable bonds is 8. The molecule has 0 saturated carbocycles. The average molecular weight is 439 g/mol. The monoisotopic (exact) mass is 438 g/mol. The molecule has 0 aliphatic carbocycles. The zero-order valence-electron chi connectivity index (χ0n) is 18.7. The van der Waals surface area contributed by atoms with E-state index in [0.29, 0.717) is 12.4 Å². The first-order valence-corrected chi connectivity index (χ1v) is 10.8. The summed E-state index contributed by atoms with van der Waals surface area (Å²) in [6, 6.07) is 29.5. The van der Waals surface area contributed by atoms with Crippen molar-refractivity contribution in [2.45, 2.75) is 26.6 Å². The van der Waals surface area contributed by atoms with E-state index < -0.39 is 6.10 Å². The minimum Gasteiger partial charge on any atom is -0.489 e. The van der Waals surface area contributed by atoms with E-state index in [-0.39, 0.29) is 5.91 Å². The number of nitrogens with zero attached hydrogens (tertiary/aromatic N) is 1. The van der Waals surface area contributed by atoms with Crippen molar-refractivity contribution in [3.05, 3.63) is 108 Å². The first-order valence-electron chi connectivity index (χ1n) is 10.8. The van der Waals surface area contributed by atoms with Gasteiger partial charge in [-0.1, -0.05) is 66.2 Å². The van der Waals surface area contributed by atoms with Gasteiger partial charge in [-0.05, 0) is 60.7 Å². The molecule has 0 unspecified atom stereocenters. The Labute approximate surface area is 193 Å². The van der Waals surface area contributed by atoms with Gasteiger partial charge in [0.05, 0.1) is 6.21 Å². The molecule has 1 N–H and O–H groups in total. The zero-order valence-corrected chi connectivity index (χ0v) is 18.7. The molecule has 166 valence electrons. The van der Waals surface area contributed by atoms with Crippen LogP contribution in [0.2, 0.25) is 0 Å². The highest BCUT2D eigenvalue weighted by atomic mass is 16.5. The zero-order chi connectivity index (χ0) is 23.0. The summed E-state index contributed by atoms with van der Waals surface area (Å²) in [4.78, 5) is 12.4. The first-order chi connectivity index (χ1) is 16.1. The lowest BCUT2D eigenvalue weighted by atomic mass is 10.1. The molecule has 0 radical (unpaired) electrons. The third-order valence-corrected chi connectivity index (χ3v) is 5.22. The maximum absolute atomic E-state index is 12.4. The second kappa shape index (κ2) is 10.5. The van der Waals surface area contributed by atoms with Crippen molar-refractivity contribution in [2.24, 2.45) is 5.10 Å². The predicted octanol–water partition coefficient (Wildman–Crippen LogP) is 5.64. The van der Waals surface area contributed by atoms with Gasteiger partial charge in [0.15, 0.2) is 6.10 Å². The molecule has 0 fully saturated rings. The van der Waals surface area contributed by atoms with Crippen LogP contribution in [0.25, 0.3) is 10.8 Å². The molecule has 1 amide bonds. The second-order valence-corrected chi connectivity index (χ2v) is 7.81. The van der Waals surface area contributed by atoms with Crippen molar-refractivity contribution in [2.75, 3.05) is 0 Å². The van der Waals surface area contributed by atoms with Gasteiger partial charge in [-0.25, -0.2) is 5.43 Å². The van der Waals surface area contributed by atoms with Crippen LogP contribution in [0.15, 0.2) is 96.1 Å². The molecule has 4 aromatic carbocycles. The van der Waals surface area contributed by atoms with Crippen LogP contribution < -0.4 is 14.9 Å². The molecule has 0 heterocycles. The Morgan fingerprint density at radius 3 is 2.45 bits per heavy atom. The SMILES string of the molecule is Cc1ccc(COc2ccc(/C=N\NC(=O)[C@@H](C)Oc3cccc4ccccc34)cc2)cc1. The Morgan fingerprint density at radius 2 is 1.67 bits per heavy atom. The van der Waals surface area contributed by atoms with Crippen molar-refractivity contribution < 1.29 is 14.3 Å². The molecule has 4 rings (SSSR count). The first kappa shape index (κ1) is 22.1. The number of carbonyl (C=O) groups excluding carboxylic acids is 1. The van der Waals surface area contributed by atoms with Crippen LogP contribution in [-0.2, 0) is 11.4 Å². The number of hydrogen-bond acceptors (Lipinski definition) is 4. The number of carbonyl (C=O) groups is 1. The summed E-state index contributed by atoms with van der Waals surface area (Å²) in [6.07, 6.45) is 0.900. The summed E-state index contributed by atoms with van der Waals surface area (Å²) in [7, 11) is 0. The number of nitrogens with one attached hydrogen (secondary N) is 1. The summed E-state index contributed by atoms with van der Waals surface area (Å²) >= 11 is 0. The Hall–Kier alpha value is -4.12. The Balaban J connectivity index is 1.28. The van der Waals surface area contributed by atoms with Crippen LogP contribution in [-0.4, -0.2) is 18.2 Å². The van der Waals surface area contributed by atoms with Crippen molar-refractivity contribution in [3.8, 4) is 11.5 Å². The molecule has 5 nitrogen and oxygen atoms in total. The third kappa shape index (κ3) is 5.98. The highest BCUT2D eigenvalue weighted by Gasteiger charge is 2.15. The maximum Gasteiger partial charge on any atom is 0.280 e. The van der Waals surface area contributed by atoms with E-state index in [2.05, 4.69) is 41.7 Å². The molecule has 0 aliphatic heterocycles. The molecule has 5 heteroatoms. The van der Waals surface area contributed by atoms with E-state index in [1.54, 1.807) is 13.1 Å². The van der Waals surface area contributed by atoms with Gasteiger partial charge in [-0.2, -0.15) is 5.10 Å². The Morgan fingerprint density at radius 1 is 0.939 bits per heavy atom. The predicted molar refractivity (Wildman–Crippen MR) is 132 cm³/mol. The number of fused-ring (bicyclic) bond motifs is 1. The molecule has 0 spiro atoms.